The molecule has 0 aliphatic rings. The summed E-state index contributed by atoms with van der Waals surface area (Å²) in [5.74, 6) is -0.492. The molecule has 1 aromatic heterocycles. The van der Waals surface area contributed by atoms with Crippen molar-refractivity contribution in [1.82, 2.24) is 10.2 Å². The van der Waals surface area contributed by atoms with Gasteiger partial charge in [0.2, 0.25) is 0 Å². The Balaban J connectivity index is 2.26. The average Bonchev–Trinajstić information content (AvgIpc) is 2.79. The van der Waals surface area contributed by atoms with Crippen LogP contribution < -0.4 is 11.1 Å². The van der Waals surface area contributed by atoms with Gasteiger partial charge in [-0.3, -0.25) is 9.89 Å². The fraction of sp³-hybridized carbons (Fsp3) is 0.231. The molecule has 112 valence electrons. The number of sulfone groups is 1. The molecule has 2 aromatic rings. The number of H-pyrrole nitrogens is 1. The highest BCUT2D eigenvalue weighted by molar-refractivity contribution is 7.90. The lowest BCUT2D eigenvalue weighted by Gasteiger charge is -2.06. The van der Waals surface area contributed by atoms with E-state index in [0.29, 0.717) is 23.5 Å². The predicted octanol–water partition coefficient (Wildman–Crippen LogP) is 1.21. The third-order valence-corrected chi connectivity index (χ3v) is 4.08. The summed E-state index contributed by atoms with van der Waals surface area (Å²) >= 11 is 0. The molecule has 0 atom stereocenters. The van der Waals surface area contributed by atoms with Gasteiger partial charge in [0.15, 0.2) is 15.5 Å². The molecular weight excluding hydrogens is 292 g/mol. The van der Waals surface area contributed by atoms with Crippen molar-refractivity contribution in [2.24, 2.45) is 0 Å². The van der Waals surface area contributed by atoms with E-state index in [2.05, 4.69) is 15.5 Å². The first-order chi connectivity index (χ1) is 9.82. The third kappa shape index (κ3) is 3.22. The average molecular weight is 308 g/mol. The zero-order chi connectivity index (χ0) is 15.6. The van der Waals surface area contributed by atoms with Crippen molar-refractivity contribution < 1.29 is 13.2 Å². The van der Waals surface area contributed by atoms with Crippen molar-refractivity contribution in [3.8, 4) is 0 Å². The highest BCUT2D eigenvalue weighted by Crippen LogP contribution is 2.19. The number of rotatable bonds is 4. The van der Waals surface area contributed by atoms with E-state index in [1.165, 1.54) is 12.1 Å². The summed E-state index contributed by atoms with van der Waals surface area (Å²) in [5.41, 5.74) is 7.26. The number of nitrogens with zero attached hydrogens (tertiary/aromatic N) is 1. The summed E-state index contributed by atoms with van der Waals surface area (Å²) in [4.78, 5) is 12.2. The topological polar surface area (TPSA) is 118 Å². The molecule has 0 aliphatic heterocycles. The van der Waals surface area contributed by atoms with E-state index in [1.54, 1.807) is 12.1 Å². The molecule has 1 aromatic carbocycles. The molecule has 0 radical (unpaired) electrons. The Morgan fingerprint density at radius 1 is 1.43 bits per heavy atom. The van der Waals surface area contributed by atoms with E-state index >= 15 is 0 Å². The molecule has 1 heterocycles. The molecule has 8 heteroatoms. The molecule has 2 rings (SSSR count). The van der Waals surface area contributed by atoms with E-state index < -0.39 is 15.7 Å². The van der Waals surface area contributed by atoms with Crippen molar-refractivity contribution in [3.63, 3.8) is 0 Å². The summed E-state index contributed by atoms with van der Waals surface area (Å²) in [6.07, 6.45) is 1.74. The van der Waals surface area contributed by atoms with Gasteiger partial charge in [0.1, 0.15) is 0 Å². The van der Waals surface area contributed by atoms with Crippen molar-refractivity contribution in [2.45, 2.75) is 18.2 Å². The SMILES string of the molecule is CCc1[nH]nc(C(=O)Nc2cccc(S(C)(=O)=O)c2)c1N. The van der Waals surface area contributed by atoms with Crippen LogP contribution in [0.2, 0.25) is 0 Å². The van der Waals surface area contributed by atoms with Gasteiger partial charge in [0.05, 0.1) is 16.3 Å². The number of hydrogen-bond acceptors (Lipinski definition) is 5. The lowest BCUT2D eigenvalue weighted by Crippen LogP contribution is -2.14. The molecule has 4 N–H and O–H groups in total. The van der Waals surface area contributed by atoms with Gasteiger partial charge < -0.3 is 11.1 Å². The second kappa shape index (κ2) is 5.57. The predicted molar refractivity (Wildman–Crippen MR) is 79.9 cm³/mol. The number of amides is 1. The van der Waals surface area contributed by atoms with Crippen LogP contribution in [0.15, 0.2) is 29.2 Å². The van der Waals surface area contributed by atoms with Crippen LogP contribution in [-0.4, -0.2) is 30.8 Å². The molecule has 0 aliphatic carbocycles. The van der Waals surface area contributed by atoms with Gasteiger partial charge in [-0.15, -0.1) is 0 Å². The first-order valence-electron chi connectivity index (χ1n) is 6.27. The number of nitrogens with two attached hydrogens (primary N) is 1. The van der Waals surface area contributed by atoms with Gasteiger partial charge in [-0.05, 0) is 24.6 Å². The maximum absolute atomic E-state index is 12.1. The Morgan fingerprint density at radius 3 is 2.71 bits per heavy atom. The monoisotopic (exact) mass is 308 g/mol. The minimum absolute atomic E-state index is 0.0941. The smallest absolute Gasteiger partial charge is 0.278 e. The fourth-order valence-corrected chi connectivity index (χ4v) is 2.49. The van der Waals surface area contributed by atoms with Gasteiger partial charge in [-0.2, -0.15) is 5.10 Å². The number of aromatic nitrogens is 2. The van der Waals surface area contributed by atoms with Crippen LogP contribution in [0.25, 0.3) is 0 Å². The number of nitrogen functional groups attached to an aromatic ring is 1. The molecule has 0 spiro atoms. The van der Waals surface area contributed by atoms with Gasteiger partial charge in [-0.1, -0.05) is 13.0 Å². The van der Waals surface area contributed by atoms with Crippen LogP contribution in [0.1, 0.15) is 23.1 Å². The Hall–Kier alpha value is -2.35. The Bertz CT molecular complexity index is 780. The summed E-state index contributed by atoms with van der Waals surface area (Å²) in [7, 11) is -3.33. The van der Waals surface area contributed by atoms with Gasteiger partial charge in [0.25, 0.3) is 5.91 Å². The molecule has 21 heavy (non-hydrogen) atoms. The Labute approximate surface area is 122 Å². The minimum atomic E-state index is -3.33. The second-order valence-corrected chi connectivity index (χ2v) is 6.59. The molecule has 7 nitrogen and oxygen atoms in total. The highest BCUT2D eigenvalue weighted by atomic mass is 32.2. The van der Waals surface area contributed by atoms with Crippen molar-refractivity contribution in [3.05, 3.63) is 35.7 Å². The van der Waals surface area contributed by atoms with Crippen molar-refractivity contribution in [1.29, 1.82) is 0 Å². The summed E-state index contributed by atoms with van der Waals surface area (Å²) in [6, 6.07) is 5.99. The van der Waals surface area contributed by atoms with Crippen LogP contribution in [0.5, 0.6) is 0 Å². The molecule has 0 saturated carbocycles. The van der Waals surface area contributed by atoms with Crippen LogP contribution in [-0.2, 0) is 16.3 Å². The molecule has 0 unspecified atom stereocenters. The number of aryl methyl sites for hydroxylation is 1. The zero-order valence-corrected chi connectivity index (χ0v) is 12.5. The van der Waals surface area contributed by atoms with E-state index in [0.717, 1.165) is 6.26 Å². The number of anilines is 2. The van der Waals surface area contributed by atoms with Crippen LogP contribution >= 0.6 is 0 Å². The van der Waals surface area contributed by atoms with Gasteiger partial charge >= 0.3 is 0 Å². The zero-order valence-electron chi connectivity index (χ0n) is 11.7. The standard InChI is InChI=1S/C13H16N4O3S/c1-3-10-11(14)12(17-16-10)13(18)15-8-5-4-6-9(7-8)21(2,19)20/h4-7H,3,14H2,1-2H3,(H,15,18)(H,16,17). The van der Waals surface area contributed by atoms with Crippen LogP contribution in [0.4, 0.5) is 11.4 Å². The first kappa shape index (κ1) is 15.0. The highest BCUT2D eigenvalue weighted by Gasteiger charge is 2.17. The lowest BCUT2D eigenvalue weighted by molar-refractivity contribution is 0.102. The third-order valence-electron chi connectivity index (χ3n) is 2.97. The first-order valence-corrected chi connectivity index (χ1v) is 8.16. The molecular formula is C13H16N4O3S. The number of aromatic amines is 1. The molecule has 0 saturated heterocycles. The number of hydrogen-bond donors (Lipinski definition) is 3. The quantitative estimate of drug-likeness (QED) is 0.784. The summed E-state index contributed by atoms with van der Waals surface area (Å²) < 4.78 is 23.0. The van der Waals surface area contributed by atoms with Gasteiger partial charge in [-0.25, -0.2) is 8.42 Å². The summed E-state index contributed by atoms with van der Waals surface area (Å²) in [5, 5.41) is 9.15. The van der Waals surface area contributed by atoms with E-state index in [1.807, 2.05) is 6.92 Å². The largest absolute Gasteiger partial charge is 0.395 e. The van der Waals surface area contributed by atoms with Crippen molar-refractivity contribution in [2.75, 3.05) is 17.3 Å². The normalized spacial score (nSPS) is 11.3. The summed E-state index contributed by atoms with van der Waals surface area (Å²) in [6.45, 7) is 1.89. The lowest BCUT2D eigenvalue weighted by atomic mass is 10.2. The number of carbonyl (C=O) groups excluding carboxylic acids is 1. The molecule has 0 fully saturated rings. The maximum Gasteiger partial charge on any atom is 0.278 e. The minimum Gasteiger partial charge on any atom is -0.395 e. The van der Waals surface area contributed by atoms with Gasteiger partial charge in [0, 0.05) is 11.9 Å². The molecule has 0 bridgehead atoms. The maximum atomic E-state index is 12.1. The van der Waals surface area contributed by atoms with E-state index in [9.17, 15) is 13.2 Å². The molecule has 1 amide bonds. The van der Waals surface area contributed by atoms with E-state index in [4.69, 9.17) is 5.73 Å². The Kier molecular flexibility index (Phi) is 3.99. The Morgan fingerprint density at radius 2 is 2.14 bits per heavy atom. The van der Waals surface area contributed by atoms with Crippen LogP contribution in [0.3, 0.4) is 0 Å². The number of benzene rings is 1. The van der Waals surface area contributed by atoms with Crippen LogP contribution in [0, 0.1) is 0 Å². The number of nitrogens with one attached hydrogen (secondary N) is 2. The van der Waals surface area contributed by atoms with E-state index in [-0.39, 0.29) is 10.6 Å². The fourth-order valence-electron chi connectivity index (χ4n) is 1.82. The van der Waals surface area contributed by atoms with Crippen molar-refractivity contribution >= 4 is 27.1 Å². The number of carbonyl (C=O) groups is 1. The second-order valence-electron chi connectivity index (χ2n) is 4.57.